The molecule has 0 aliphatic carbocycles. The van der Waals surface area contributed by atoms with E-state index in [0.717, 1.165) is 29.3 Å². The summed E-state index contributed by atoms with van der Waals surface area (Å²) in [5, 5.41) is 1.99. The average molecular weight is 384 g/mol. The number of nitrogens with zero attached hydrogens (tertiary/aromatic N) is 1. The Morgan fingerprint density at radius 3 is 2.41 bits per heavy atom. The molecule has 0 saturated carbocycles. The number of carbonyl (C=O) groups is 3. The first-order chi connectivity index (χ1) is 12.9. The number of ether oxygens (including phenoxy) is 1. The van der Waals surface area contributed by atoms with Crippen LogP contribution in [0.1, 0.15) is 35.5 Å². The van der Waals surface area contributed by atoms with E-state index in [4.69, 9.17) is 4.74 Å². The normalized spacial score (nSPS) is 19.0. The van der Waals surface area contributed by atoms with Crippen molar-refractivity contribution in [1.29, 1.82) is 0 Å². The Labute approximate surface area is 161 Å². The number of amides is 2. The van der Waals surface area contributed by atoms with Gasteiger partial charge >= 0.3 is 0 Å². The molecule has 2 heterocycles. The Balaban J connectivity index is 1.56. The van der Waals surface area contributed by atoms with Crippen LogP contribution in [-0.4, -0.2) is 33.3 Å². The molecule has 0 spiro atoms. The minimum Gasteiger partial charge on any atom is -0.485 e. The summed E-state index contributed by atoms with van der Waals surface area (Å²) in [6, 6.07) is 10.8. The van der Waals surface area contributed by atoms with Gasteiger partial charge < -0.3 is 4.74 Å². The monoisotopic (exact) mass is 384 g/mol. The second kappa shape index (κ2) is 7.92. The van der Waals surface area contributed by atoms with Gasteiger partial charge in [0.2, 0.25) is 11.7 Å². The molecule has 6 nitrogen and oxygen atoms in total. The molecule has 1 saturated heterocycles. The van der Waals surface area contributed by atoms with Crippen molar-refractivity contribution in [1.82, 2.24) is 10.3 Å². The number of imide groups is 1. The molecule has 1 fully saturated rings. The largest absolute Gasteiger partial charge is 0.485 e. The number of benzene rings is 1. The van der Waals surface area contributed by atoms with Crippen molar-refractivity contribution in [3.8, 4) is 5.75 Å². The van der Waals surface area contributed by atoms with Crippen LogP contribution in [0.3, 0.4) is 0 Å². The molecule has 3 rings (SSSR count). The highest BCUT2D eigenvalue weighted by atomic mass is 32.2. The summed E-state index contributed by atoms with van der Waals surface area (Å²) in [4.78, 5) is 39.6. The van der Waals surface area contributed by atoms with E-state index < -0.39 is 4.75 Å². The minimum absolute atomic E-state index is 0.0949. The maximum atomic E-state index is 12.2. The number of hydrogen-bond donors (Lipinski definition) is 1. The van der Waals surface area contributed by atoms with Gasteiger partial charge in [0.25, 0.3) is 5.24 Å². The highest BCUT2D eigenvalue weighted by Crippen LogP contribution is 2.34. The third kappa shape index (κ3) is 4.54. The van der Waals surface area contributed by atoms with E-state index in [9.17, 15) is 14.4 Å². The lowest BCUT2D eigenvalue weighted by atomic mass is 9.99. The van der Waals surface area contributed by atoms with Crippen molar-refractivity contribution in [2.45, 2.75) is 31.4 Å². The molecule has 1 aromatic carbocycles. The number of nitrogens with one attached hydrogen (secondary N) is 1. The molecule has 1 aliphatic rings. The van der Waals surface area contributed by atoms with E-state index in [1.165, 1.54) is 0 Å². The first kappa shape index (κ1) is 19.1. The number of aryl methyl sites for hydroxylation is 1. The number of carbonyl (C=O) groups excluding carboxylic acids is 3. The second-order valence-corrected chi connectivity index (χ2v) is 7.99. The Bertz CT molecular complexity index is 865. The Morgan fingerprint density at radius 2 is 1.85 bits per heavy atom. The third-order valence-corrected chi connectivity index (χ3v) is 5.43. The van der Waals surface area contributed by atoms with Gasteiger partial charge in [-0.1, -0.05) is 25.1 Å². The molecule has 0 unspecified atom stereocenters. The van der Waals surface area contributed by atoms with Crippen molar-refractivity contribution in [2.24, 2.45) is 0 Å². The van der Waals surface area contributed by atoms with E-state index >= 15 is 0 Å². The van der Waals surface area contributed by atoms with Gasteiger partial charge in [0.15, 0.2) is 6.61 Å². The number of thioether (sulfide) groups is 1. The lowest BCUT2D eigenvalue weighted by Gasteiger charge is -2.18. The quantitative estimate of drug-likeness (QED) is 0.738. The summed E-state index contributed by atoms with van der Waals surface area (Å²) in [6.45, 7) is 3.68. The maximum absolute atomic E-state index is 12.2. The molecule has 1 N–H and O–H groups in total. The summed E-state index contributed by atoms with van der Waals surface area (Å²) in [6.07, 6.45) is 3.00. The highest BCUT2D eigenvalue weighted by Gasteiger charge is 2.43. The van der Waals surface area contributed by atoms with Crippen LogP contribution in [0.2, 0.25) is 0 Å². The van der Waals surface area contributed by atoms with E-state index in [1.54, 1.807) is 31.3 Å². The maximum Gasteiger partial charge on any atom is 0.286 e. The number of aromatic nitrogens is 1. The number of hydrogen-bond acceptors (Lipinski definition) is 6. The molecule has 1 aliphatic heterocycles. The first-order valence-corrected chi connectivity index (χ1v) is 9.45. The van der Waals surface area contributed by atoms with Crippen molar-refractivity contribution in [2.75, 3.05) is 6.61 Å². The van der Waals surface area contributed by atoms with Crippen LogP contribution in [0.5, 0.6) is 5.75 Å². The molecule has 1 atom stereocenters. The zero-order valence-corrected chi connectivity index (χ0v) is 16.0. The van der Waals surface area contributed by atoms with Gasteiger partial charge in [0, 0.05) is 6.20 Å². The first-order valence-electron chi connectivity index (χ1n) is 8.64. The lowest BCUT2D eigenvalue weighted by molar-refractivity contribution is -0.121. The number of pyridine rings is 1. The number of ketones is 1. The van der Waals surface area contributed by atoms with Crippen molar-refractivity contribution in [3.63, 3.8) is 0 Å². The Kier molecular flexibility index (Phi) is 5.60. The summed E-state index contributed by atoms with van der Waals surface area (Å²) in [5.41, 5.74) is 2.36. The molecule has 7 heteroatoms. The fourth-order valence-electron chi connectivity index (χ4n) is 2.73. The predicted octanol–water partition coefficient (Wildman–Crippen LogP) is 3.19. The molecule has 140 valence electrons. The fourth-order valence-corrected chi connectivity index (χ4v) is 3.67. The number of rotatable bonds is 7. The van der Waals surface area contributed by atoms with Crippen LogP contribution in [0.4, 0.5) is 4.79 Å². The predicted molar refractivity (Wildman–Crippen MR) is 103 cm³/mol. The van der Waals surface area contributed by atoms with Crippen LogP contribution < -0.4 is 10.1 Å². The molecule has 2 aromatic rings. The van der Waals surface area contributed by atoms with Gasteiger partial charge in [-0.3, -0.25) is 24.7 Å². The van der Waals surface area contributed by atoms with Gasteiger partial charge in [-0.2, -0.15) is 0 Å². The van der Waals surface area contributed by atoms with E-state index in [2.05, 4.69) is 10.3 Å². The van der Waals surface area contributed by atoms with Gasteiger partial charge in [0.05, 0.1) is 0 Å². The molecule has 2 amide bonds. The molecule has 27 heavy (non-hydrogen) atoms. The highest BCUT2D eigenvalue weighted by molar-refractivity contribution is 8.16. The fraction of sp³-hybridized carbons (Fsp3) is 0.300. The summed E-state index contributed by atoms with van der Waals surface area (Å²) in [7, 11) is 0. The van der Waals surface area contributed by atoms with Gasteiger partial charge in [-0.05, 0) is 60.9 Å². The van der Waals surface area contributed by atoms with Crippen LogP contribution in [0.25, 0.3) is 0 Å². The van der Waals surface area contributed by atoms with Gasteiger partial charge in [0.1, 0.15) is 16.2 Å². The van der Waals surface area contributed by atoms with Crippen LogP contribution in [0.15, 0.2) is 42.6 Å². The summed E-state index contributed by atoms with van der Waals surface area (Å²) >= 11 is 1.01. The number of Topliss-reactive ketones (excluding diaryl/α,β-unsaturated/α-hetero) is 1. The summed E-state index contributed by atoms with van der Waals surface area (Å²) < 4.78 is 4.74. The van der Waals surface area contributed by atoms with E-state index in [0.29, 0.717) is 17.9 Å². The van der Waals surface area contributed by atoms with Crippen molar-refractivity contribution >= 4 is 28.7 Å². The van der Waals surface area contributed by atoms with Crippen molar-refractivity contribution in [3.05, 3.63) is 59.4 Å². The smallest absolute Gasteiger partial charge is 0.286 e. The van der Waals surface area contributed by atoms with E-state index in [-0.39, 0.29) is 23.5 Å². The standard InChI is InChI=1S/C20H20N2O4S/c1-3-13-6-9-16(21-11-13)17(23)12-26-15-7-4-14(5-8-15)10-20(2)18(24)22-19(25)27-20/h4-9,11H,3,10,12H2,1-2H3,(H,22,24,25)/t20-/m1/s1. The zero-order valence-electron chi connectivity index (χ0n) is 15.2. The van der Waals surface area contributed by atoms with Crippen molar-refractivity contribution < 1.29 is 19.1 Å². The second-order valence-electron chi connectivity index (χ2n) is 6.51. The minimum atomic E-state index is -0.800. The van der Waals surface area contributed by atoms with E-state index in [1.807, 2.05) is 25.1 Å². The summed E-state index contributed by atoms with van der Waals surface area (Å²) in [5.74, 6) is 0.0961. The van der Waals surface area contributed by atoms with Crippen LogP contribution >= 0.6 is 11.8 Å². The molecular formula is C20H20N2O4S. The molecular weight excluding hydrogens is 364 g/mol. The Morgan fingerprint density at radius 1 is 1.15 bits per heavy atom. The van der Waals surface area contributed by atoms with Crippen LogP contribution in [0, 0.1) is 0 Å². The Hall–Kier alpha value is -2.67. The van der Waals surface area contributed by atoms with Gasteiger partial charge in [-0.25, -0.2) is 0 Å². The molecule has 0 bridgehead atoms. The average Bonchev–Trinajstić information content (AvgIpc) is 2.92. The SMILES string of the molecule is CCc1ccc(C(=O)COc2ccc(C[C@@]3(C)SC(=O)NC3=O)cc2)nc1. The van der Waals surface area contributed by atoms with Gasteiger partial charge in [-0.15, -0.1) is 0 Å². The topological polar surface area (TPSA) is 85.4 Å². The molecule has 0 radical (unpaired) electrons. The van der Waals surface area contributed by atoms with Crippen LogP contribution in [-0.2, 0) is 17.6 Å². The lowest BCUT2D eigenvalue weighted by Crippen LogP contribution is -2.35. The third-order valence-electron chi connectivity index (χ3n) is 4.37. The molecule has 1 aromatic heterocycles. The zero-order chi connectivity index (χ0) is 19.4.